The van der Waals surface area contributed by atoms with Crippen molar-refractivity contribution in [2.45, 2.75) is 11.8 Å². The first-order chi connectivity index (χ1) is 14.4. The molecule has 158 valence electrons. The van der Waals surface area contributed by atoms with Crippen molar-refractivity contribution in [3.63, 3.8) is 0 Å². The van der Waals surface area contributed by atoms with Crippen molar-refractivity contribution in [3.8, 4) is 5.75 Å². The van der Waals surface area contributed by atoms with E-state index in [9.17, 15) is 13.2 Å². The maximum atomic E-state index is 13.0. The summed E-state index contributed by atoms with van der Waals surface area (Å²) in [5.41, 5.74) is 1.61. The third kappa shape index (κ3) is 3.68. The third-order valence-corrected chi connectivity index (χ3v) is 7.38. The number of fused-ring (bicyclic) bond motifs is 1. The molecule has 0 saturated carbocycles. The zero-order chi connectivity index (χ0) is 21.3. The molecule has 4 rings (SSSR count). The highest BCUT2D eigenvalue weighted by molar-refractivity contribution is 7.89. The number of ether oxygens (including phenoxy) is 1. The minimum absolute atomic E-state index is 0.0770. The summed E-state index contributed by atoms with van der Waals surface area (Å²) in [5, 5.41) is 1.01. The van der Waals surface area contributed by atoms with Gasteiger partial charge in [0.2, 0.25) is 10.0 Å². The smallest absolute Gasteiger partial charge is 0.270 e. The maximum absolute atomic E-state index is 13.0. The van der Waals surface area contributed by atoms with Gasteiger partial charge in [-0.1, -0.05) is 18.2 Å². The van der Waals surface area contributed by atoms with Gasteiger partial charge in [-0.25, -0.2) is 8.42 Å². The average Bonchev–Trinajstić information content (AvgIpc) is 3.11. The molecule has 1 fully saturated rings. The van der Waals surface area contributed by atoms with Crippen LogP contribution in [0, 0.1) is 0 Å². The molecule has 0 atom stereocenters. The van der Waals surface area contributed by atoms with Gasteiger partial charge >= 0.3 is 0 Å². The van der Waals surface area contributed by atoms with Crippen molar-refractivity contribution in [3.05, 3.63) is 60.3 Å². The number of benzene rings is 2. The Hall–Kier alpha value is -2.84. The quantitative estimate of drug-likeness (QED) is 0.628. The van der Waals surface area contributed by atoms with E-state index in [-0.39, 0.29) is 23.9 Å². The van der Waals surface area contributed by atoms with Gasteiger partial charge in [-0.05, 0) is 43.3 Å². The summed E-state index contributed by atoms with van der Waals surface area (Å²) >= 11 is 0. The molecule has 0 aliphatic carbocycles. The van der Waals surface area contributed by atoms with E-state index in [4.69, 9.17) is 4.74 Å². The van der Waals surface area contributed by atoms with Gasteiger partial charge in [-0.15, -0.1) is 0 Å². The fraction of sp³-hybridized carbons (Fsp3) is 0.318. The predicted molar refractivity (Wildman–Crippen MR) is 115 cm³/mol. The molecule has 3 aromatic rings. The first kappa shape index (κ1) is 20.4. The fourth-order valence-electron chi connectivity index (χ4n) is 3.81. The highest BCUT2D eigenvalue weighted by atomic mass is 32.2. The topological polar surface area (TPSA) is 71.9 Å². The van der Waals surface area contributed by atoms with Crippen LogP contribution in [0.2, 0.25) is 0 Å². The molecule has 7 nitrogen and oxygen atoms in total. The number of aryl methyl sites for hydroxylation is 1. The lowest BCUT2D eigenvalue weighted by Crippen LogP contribution is -2.50. The summed E-state index contributed by atoms with van der Waals surface area (Å²) in [6.45, 7) is 3.66. The lowest BCUT2D eigenvalue weighted by atomic mass is 10.2. The summed E-state index contributed by atoms with van der Waals surface area (Å²) in [4.78, 5) is 15.0. The molecule has 1 amide bonds. The van der Waals surface area contributed by atoms with Crippen LogP contribution >= 0.6 is 0 Å². The van der Waals surface area contributed by atoms with E-state index in [0.29, 0.717) is 31.1 Å². The van der Waals surface area contributed by atoms with Crippen molar-refractivity contribution in [1.29, 1.82) is 0 Å². The fourth-order valence-corrected chi connectivity index (χ4v) is 5.23. The van der Waals surface area contributed by atoms with E-state index >= 15 is 0 Å². The van der Waals surface area contributed by atoms with Crippen LogP contribution in [0.1, 0.15) is 17.4 Å². The molecular weight excluding hydrogens is 402 g/mol. The highest BCUT2D eigenvalue weighted by Crippen LogP contribution is 2.23. The number of nitrogens with zero attached hydrogens (tertiary/aromatic N) is 3. The molecule has 30 heavy (non-hydrogen) atoms. The normalized spacial score (nSPS) is 15.5. The maximum Gasteiger partial charge on any atom is 0.270 e. The predicted octanol–water partition coefficient (Wildman–Crippen LogP) is 2.72. The molecule has 2 aromatic carbocycles. The summed E-state index contributed by atoms with van der Waals surface area (Å²) in [6.07, 6.45) is 0. The number of hydrogen-bond donors (Lipinski definition) is 0. The lowest BCUT2D eigenvalue weighted by Gasteiger charge is -2.34. The van der Waals surface area contributed by atoms with E-state index in [1.54, 1.807) is 29.2 Å². The minimum Gasteiger partial charge on any atom is -0.494 e. The summed E-state index contributed by atoms with van der Waals surface area (Å²) in [7, 11) is -1.72. The Morgan fingerprint density at radius 3 is 2.30 bits per heavy atom. The number of piperazine rings is 1. The Labute approximate surface area is 176 Å². The van der Waals surface area contributed by atoms with Crippen LogP contribution in [-0.2, 0) is 17.1 Å². The Kier molecular flexibility index (Phi) is 5.53. The van der Waals surface area contributed by atoms with Crippen molar-refractivity contribution in [1.82, 2.24) is 13.8 Å². The van der Waals surface area contributed by atoms with E-state index in [1.807, 2.05) is 48.9 Å². The van der Waals surface area contributed by atoms with Crippen molar-refractivity contribution >= 4 is 26.8 Å². The van der Waals surface area contributed by atoms with E-state index in [2.05, 4.69) is 0 Å². The van der Waals surface area contributed by atoms with Gasteiger partial charge in [0.15, 0.2) is 0 Å². The van der Waals surface area contributed by atoms with Crippen LogP contribution in [0.15, 0.2) is 59.5 Å². The number of rotatable bonds is 5. The number of amides is 1. The van der Waals surface area contributed by atoms with Gasteiger partial charge in [0.25, 0.3) is 5.91 Å². The van der Waals surface area contributed by atoms with Crippen LogP contribution < -0.4 is 4.74 Å². The van der Waals surface area contributed by atoms with Crippen LogP contribution in [0.5, 0.6) is 5.75 Å². The van der Waals surface area contributed by atoms with Gasteiger partial charge in [0, 0.05) is 44.1 Å². The molecule has 1 aliphatic heterocycles. The molecule has 1 aromatic heterocycles. The van der Waals surface area contributed by atoms with Crippen LogP contribution in [0.25, 0.3) is 10.9 Å². The molecule has 8 heteroatoms. The summed E-state index contributed by atoms with van der Waals surface area (Å²) in [5.74, 6) is 0.564. The standard InChI is InChI=1S/C22H25N3O4S/c1-3-29-18-8-10-19(11-9-18)30(27,28)25-14-12-24(13-15-25)22(26)21-16-17-6-4-5-7-20(17)23(21)2/h4-11,16H,3,12-15H2,1-2H3. The number of sulfonamides is 1. The van der Waals surface area contributed by atoms with Crippen LogP contribution in [0.4, 0.5) is 0 Å². The molecule has 2 heterocycles. The second-order valence-corrected chi connectivity index (χ2v) is 9.19. The second-order valence-electron chi connectivity index (χ2n) is 7.25. The first-order valence-corrected chi connectivity index (χ1v) is 11.4. The van der Waals surface area contributed by atoms with Crippen molar-refractivity contribution in [2.24, 2.45) is 7.05 Å². The molecule has 0 bridgehead atoms. The minimum atomic E-state index is -3.60. The zero-order valence-corrected chi connectivity index (χ0v) is 17.9. The number of aromatic nitrogens is 1. The molecule has 0 N–H and O–H groups in total. The Morgan fingerprint density at radius 2 is 1.67 bits per heavy atom. The highest BCUT2D eigenvalue weighted by Gasteiger charge is 2.31. The Balaban J connectivity index is 1.46. The monoisotopic (exact) mass is 427 g/mol. The number of carbonyl (C=O) groups is 1. The largest absolute Gasteiger partial charge is 0.494 e. The van der Waals surface area contributed by atoms with Gasteiger partial charge in [-0.3, -0.25) is 4.79 Å². The molecule has 0 unspecified atom stereocenters. The molecule has 1 aliphatic rings. The lowest BCUT2D eigenvalue weighted by molar-refractivity contribution is 0.0688. The summed E-state index contributed by atoms with van der Waals surface area (Å²) in [6, 6.07) is 16.2. The van der Waals surface area contributed by atoms with Crippen LogP contribution in [-0.4, -0.2) is 60.9 Å². The first-order valence-electron chi connectivity index (χ1n) is 9.98. The second kappa shape index (κ2) is 8.12. The zero-order valence-electron chi connectivity index (χ0n) is 17.1. The number of hydrogen-bond acceptors (Lipinski definition) is 4. The third-order valence-electron chi connectivity index (χ3n) is 5.47. The van der Waals surface area contributed by atoms with Crippen LogP contribution in [0.3, 0.4) is 0 Å². The van der Waals surface area contributed by atoms with Gasteiger partial charge < -0.3 is 14.2 Å². The van der Waals surface area contributed by atoms with Gasteiger partial charge in [0.1, 0.15) is 11.4 Å². The molecule has 1 saturated heterocycles. The van der Waals surface area contributed by atoms with E-state index < -0.39 is 10.0 Å². The molecular formula is C22H25N3O4S. The van der Waals surface area contributed by atoms with Gasteiger partial charge in [0.05, 0.1) is 11.5 Å². The molecule has 0 spiro atoms. The van der Waals surface area contributed by atoms with Gasteiger partial charge in [-0.2, -0.15) is 4.31 Å². The number of para-hydroxylation sites is 1. The Bertz CT molecular complexity index is 1160. The van der Waals surface area contributed by atoms with E-state index in [1.165, 1.54) is 4.31 Å². The molecule has 0 radical (unpaired) electrons. The SMILES string of the molecule is CCOc1ccc(S(=O)(=O)N2CCN(C(=O)c3cc4ccccc4n3C)CC2)cc1. The van der Waals surface area contributed by atoms with Crippen molar-refractivity contribution in [2.75, 3.05) is 32.8 Å². The van der Waals surface area contributed by atoms with Crippen molar-refractivity contribution < 1.29 is 17.9 Å². The Morgan fingerprint density at radius 1 is 1.00 bits per heavy atom. The summed E-state index contributed by atoms with van der Waals surface area (Å²) < 4.78 is 34.6. The average molecular weight is 428 g/mol. The number of carbonyl (C=O) groups excluding carboxylic acids is 1. The van der Waals surface area contributed by atoms with E-state index in [0.717, 1.165) is 10.9 Å².